The molecule has 0 radical (unpaired) electrons. The summed E-state index contributed by atoms with van der Waals surface area (Å²) in [6.45, 7) is 6.27. The standard InChI is InChI=1S/C15H18BrN3/c1-5-12-13(16)15(17-4)19-14(18-12)11-8-9(2)6-7-10(11)3/h6-8H,5H2,1-4H3,(H,17,18,19). The van der Waals surface area contributed by atoms with E-state index in [1.54, 1.807) is 0 Å². The van der Waals surface area contributed by atoms with Crippen molar-refractivity contribution < 1.29 is 0 Å². The van der Waals surface area contributed by atoms with E-state index in [4.69, 9.17) is 0 Å². The zero-order valence-electron chi connectivity index (χ0n) is 11.7. The number of aromatic nitrogens is 2. The molecule has 19 heavy (non-hydrogen) atoms. The summed E-state index contributed by atoms with van der Waals surface area (Å²) in [5.41, 5.74) is 4.53. The first-order valence-corrected chi connectivity index (χ1v) is 7.18. The Hall–Kier alpha value is -1.42. The zero-order chi connectivity index (χ0) is 14.0. The average Bonchev–Trinajstić information content (AvgIpc) is 2.42. The molecule has 1 heterocycles. The van der Waals surface area contributed by atoms with Crippen LogP contribution in [-0.2, 0) is 6.42 Å². The highest BCUT2D eigenvalue weighted by Gasteiger charge is 2.13. The van der Waals surface area contributed by atoms with Gasteiger partial charge in [0.1, 0.15) is 5.82 Å². The van der Waals surface area contributed by atoms with E-state index in [1.807, 2.05) is 7.05 Å². The van der Waals surface area contributed by atoms with Gasteiger partial charge >= 0.3 is 0 Å². The van der Waals surface area contributed by atoms with Gasteiger partial charge in [0.2, 0.25) is 0 Å². The molecule has 1 aromatic heterocycles. The van der Waals surface area contributed by atoms with Crippen LogP contribution in [0.2, 0.25) is 0 Å². The van der Waals surface area contributed by atoms with Crippen LogP contribution in [0.5, 0.6) is 0 Å². The Morgan fingerprint density at radius 3 is 2.58 bits per heavy atom. The molecule has 0 unspecified atom stereocenters. The third-order valence-corrected chi connectivity index (χ3v) is 3.96. The van der Waals surface area contributed by atoms with E-state index >= 15 is 0 Å². The fraction of sp³-hybridized carbons (Fsp3) is 0.333. The fourth-order valence-electron chi connectivity index (χ4n) is 1.99. The number of hydrogen-bond acceptors (Lipinski definition) is 3. The number of halogens is 1. The molecule has 0 fully saturated rings. The lowest BCUT2D eigenvalue weighted by Gasteiger charge is -2.12. The SMILES string of the molecule is CCc1nc(-c2cc(C)ccc2C)nc(NC)c1Br. The van der Waals surface area contributed by atoms with Gasteiger partial charge in [0.25, 0.3) is 0 Å². The van der Waals surface area contributed by atoms with E-state index in [2.05, 4.69) is 70.2 Å². The van der Waals surface area contributed by atoms with Crippen LogP contribution in [0, 0.1) is 13.8 Å². The molecule has 1 aromatic carbocycles. The summed E-state index contributed by atoms with van der Waals surface area (Å²) in [5.74, 6) is 1.62. The van der Waals surface area contributed by atoms with Crippen LogP contribution < -0.4 is 5.32 Å². The van der Waals surface area contributed by atoms with Crippen LogP contribution in [0.25, 0.3) is 11.4 Å². The van der Waals surface area contributed by atoms with Gasteiger partial charge < -0.3 is 5.32 Å². The maximum absolute atomic E-state index is 4.67. The van der Waals surface area contributed by atoms with Crippen molar-refractivity contribution in [2.75, 3.05) is 12.4 Å². The van der Waals surface area contributed by atoms with Crippen molar-refractivity contribution in [2.45, 2.75) is 27.2 Å². The minimum absolute atomic E-state index is 0.783. The van der Waals surface area contributed by atoms with Gasteiger partial charge in [0.05, 0.1) is 10.2 Å². The lowest BCUT2D eigenvalue weighted by molar-refractivity contribution is 0.989. The lowest BCUT2D eigenvalue weighted by Crippen LogP contribution is -2.03. The molecule has 0 atom stereocenters. The third kappa shape index (κ3) is 2.78. The summed E-state index contributed by atoms with van der Waals surface area (Å²) >= 11 is 3.55. The molecule has 0 saturated carbocycles. The Morgan fingerprint density at radius 1 is 1.21 bits per heavy atom. The maximum Gasteiger partial charge on any atom is 0.162 e. The molecule has 0 aliphatic carbocycles. The molecule has 0 aliphatic rings. The topological polar surface area (TPSA) is 37.8 Å². The third-order valence-electron chi connectivity index (χ3n) is 3.13. The minimum atomic E-state index is 0.783. The second-order valence-electron chi connectivity index (χ2n) is 4.58. The molecule has 100 valence electrons. The van der Waals surface area contributed by atoms with Gasteiger partial charge in [0.15, 0.2) is 5.82 Å². The Labute approximate surface area is 122 Å². The van der Waals surface area contributed by atoms with Gasteiger partial charge in [-0.2, -0.15) is 0 Å². The van der Waals surface area contributed by atoms with Crippen molar-refractivity contribution >= 4 is 21.7 Å². The predicted octanol–water partition coefficient (Wildman–Crippen LogP) is 4.13. The summed E-state index contributed by atoms with van der Waals surface area (Å²) < 4.78 is 0.951. The van der Waals surface area contributed by atoms with Crippen LogP contribution in [0.4, 0.5) is 5.82 Å². The first-order valence-electron chi connectivity index (χ1n) is 6.38. The molecular formula is C15H18BrN3. The van der Waals surface area contributed by atoms with Crippen molar-refractivity contribution in [3.05, 3.63) is 39.5 Å². The Kier molecular flexibility index (Phi) is 4.20. The summed E-state index contributed by atoms with van der Waals surface area (Å²) in [5, 5.41) is 3.12. The summed E-state index contributed by atoms with van der Waals surface area (Å²) in [6.07, 6.45) is 0.871. The van der Waals surface area contributed by atoms with Crippen molar-refractivity contribution in [2.24, 2.45) is 0 Å². The first kappa shape index (κ1) is 14.0. The molecular weight excluding hydrogens is 302 g/mol. The van der Waals surface area contributed by atoms with Gasteiger partial charge in [-0.15, -0.1) is 0 Å². The van der Waals surface area contributed by atoms with Crippen LogP contribution in [0.1, 0.15) is 23.7 Å². The van der Waals surface area contributed by atoms with E-state index < -0.39 is 0 Å². The largest absolute Gasteiger partial charge is 0.372 e. The lowest BCUT2D eigenvalue weighted by atomic mass is 10.0. The number of benzene rings is 1. The number of nitrogens with one attached hydrogen (secondary N) is 1. The monoisotopic (exact) mass is 319 g/mol. The van der Waals surface area contributed by atoms with E-state index in [0.717, 1.165) is 33.8 Å². The highest BCUT2D eigenvalue weighted by molar-refractivity contribution is 9.10. The van der Waals surface area contributed by atoms with Crippen LogP contribution >= 0.6 is 15.9 Å². The Bertz CT molecular complexity index is 583. The number of hydrogen-bond donors (Lipinski definition) is 1. The van der Waals surface area contributed by atoms with Gasteiger partial charge in [-0.05, 0) is 47.8 Å². The molecule has 1 N–H and O–H groups in total. The second kappa shape index (κ2) is 5.70. The zero-order valence-corrected chi connectivity index (χ0v) is 13.3. The quantitative estimate of drug-likeness (QED) is 0.924. The number of anilines is 1. The van der Waals surface area contributed by atoms with Crippen molar-refractivity contribution in [1.82, 2.24) is 9.97 Å². The van der Waals surface area contributed by atoms with Crippen LogP contribution in [0.3, 0.4) is 0 Å². The molecule has 2 aromatic rings. The Morgan fingerprint density at radius 2 is 1.95 bits per heavy atom. The summed E-state index contributed by atoms with van der Waals surface area (Å²) in [6, 6.07) is 6.36. The Balaban J connectivity index is 2.65. The highest BCUT2D eigenvalue weighted by atomic mass is 79.9. The molecule has 0 bridgehead atoms. The van der Waals surface area contributed by atoms with Gasteiger partial charge in [-0.3, -0.25) is 0 Å². The average molecular weight is 320 g/mol. The second-order valence-corrected chi connectivity index (χ2v) is 5.37. The number of rotatable bonds is 3. The maximum atomic E-state index is 4.67. The molecule has 0 amide bonds. The molecule has 4 heteroatoms. The molecule has 0 spiro atoms. The van der Waals surface area contributed by atoms with Crippen LogP contribution in [-0.4, -0.2) is 17.0 Å². The summed E-state index contributed by atoms with van der Waals surface area (Å²) in [4.78, 5) is 9.28. The smallest absolute Gasteiger partial charge is 0.162 e. The molecule has 3 nitrogen and oxygen atoms in total. The van der Waals surface area contributed by atoms with Crippen molar-refractivity contribution in [1.29, 1.82) is 0 Å². The predicted molar refractivity (Wildman–Crippen MR) is 83.6 cm³/mol. The molecule has 0 saturated heterocycles. The summed E-state index contributed by atoms with van der Waals surface area (Å²) in [7, 11) is 1.87. The van der Waals surface area contributed by atoms with Gasteiger partial charge in [-0.25, -0.2) is 9.97 Å². The molecule has 2 rings (SSSR count). The fourth-order valence-corrected chi connectivity index (χ4v) is 2.65. The van der Waals surface area contributed by atoms with E-state index in [9.17, 15) is 0 Å². The van der Waals surface area contributed by atoms with Gasteiger partial charge in [-0.1, -0.05) is 24.6 Å². The van der Waals surface area contributed by atoms with Crippen LogP contribution in [0.15, 0.2) is 22.7 Å². The van der Waals surface area contributed by atoms with E-state index in [0.29, 0.717) is 0 Å². The van der Waals surface area contributed by atoms with Crippen molar-refractivity contribution in [3.8, 4) is 11.4 Å². The van der Waals surface area contributed by atoms with Crippen molar-refractivity contribution in [3.63, 3.8) is 0 Å². The van der Waals surface area contributed by atoms with Gasteiger partial charge in [0, 0.05) is 12.6 Å². The first-order chi connectivity index (χ1) is 9.06. The number of aryl methyl sites for hydroxylation is 3. The minimum Gasteiger partial charge on any atom is -0.372 e. The van der Waals surface area contributed by atoms with E-state index in [-0.39, 0.29) is 0 Å². The normalized spacial score (nSPS) is 10.6. The number of nitrogens with zero attached hydrogens (tertiary/aromatic N) is 2. The van der Waals surface area contributed by atoms with E-state index in [1.165, 1.54) is 11.1 Å². The molecule has 0 aliphatic heterocycles. The highest BCUT2D eigenvalue weighted by Crippen LogP contribution is 2.29.